The van der Waals surface area contributed by atoms with E-state index in [1.807, 2.05) is 32.0 Å². The molecule has 4 heteroatoms. The smallest absolute Gasteiger partial charge is 0.257 e. The molecule has 0 aliphatic heterocycles. The number of halogens is 1. The third-order valence-corrected chi connectivity index (χ3v) is 3.02. The molecule has 0 aromatic heterocycles. The van der Waals surface area contributed by atoms with Crippen LogP contribution in [0.4, 0.5) is 15.8 Å². The first-order valence-electron chi connectivity index (χ1n) is 5.91. The number of hydrogen-bond donors (Lipinski definition) is 2. The minimum atomic E-state index is -0.458. The topological polar surface area (TPSA) is 55.1 Å². The highest BCUT2D eigenvalue weighted by atomic mass is 19.1. The Hall–Kier alpha value is -2.36. The summed E-state index contributed by atoms with van der Waals surface area (Å²) in [6, 6.07) is 9.36. The number of benzene rings is 2. The molecule has 0 fully saturated rings. The molecule has 3 nitrogen and oxygen atoms in total. The van der Waals surface area contributed by atoms with E-state index < -0.39 is 5.82 Å². The number of rotatable bonds is 2. The maximum Gasteiger partial charge on any atom is 0.257 e. The highest BCUT2D eigenvalue weighted by Gasteiger charge is 2.10. The first-order chi connectivity index (χ1) is 8.97. The maximum absolute atomic E-state index is 12.9. The SMILES string of the molecule is Cc1ccc(NC(=O)c2ccc(F)cc2N)cc1C. The van der Waals surface area contributed by atoms with Crippen LogP contribution in [-0.2, 0) is 0 Å². The molecule has 2 rings (SSSR count). The molecule has 0 radical (unpaired) electrons. The molecular weight excluding hydrogens is 243 g/mol. The lowest BCUT2D eigenvalue weighted by Gasteiger charge is -2.09. The zero-order valence-electron chi connectivity index (χ0n) is 10.8. The van der Waals surface area contributed by atoms with Crippen molar-refractivity contribution in [1.82, 2.24) is 0 Å². The first-order valence-corrected chi connectivity index (χ1v) is 5.91. The molecule has 1 amide bonds. The van der Waals surface area contributed by atoms with Crippen molar-refractivity contribution in [3.05, 3.63) is 58.9 Å². The van der Waals surface area contributed by atoms with Gasteiger partial charge in [0.25, 0.3) is 5.91 Å². The quantitative estimate of drug-likeness (QED) is 0.812. The number of nitrogen functional groups attached to an aromatic ring is 1. The molecule has 0 spiro atoms. The lowest BCUT2D eigenvalue weighted by atomic mass is 10.1. The average Bonchev–Trinajstić information content (AvgIpc) is 2.33. The van der Waals surface area contributed by atoms with Crippen molar-refractivity contribution >= 4 is 17.3 Å². The second-order valence-electron chi connectivity index (χ2n) is 4.48. The summed E-state index contributed by atoms with van der Waals surface area (Å²) < 4.78 is 12.9. The number of nitrogens with one attached hydrogen (secondary N) is 1. The highest BCUT2D eigenvalue weighted by Crippen LogP contribution is 2.18. The fraction of sp³-hybridized carbons (Fsp3) is 0.133. The van der Waals surface area contributed by atoms with Crippen molar-refractivity contribution in [1.29, 1.82) is 0 Å². The predicted molar refractivity (Wildman–Crippen MR) is 74.7 cm³/mol. The summed E-state index contributed by atoms with van der Waals surface area (Å²) in [6.45, 7) is 3.97. The number of carbonyl (C=O) groups is 1. The van der Waals surface area contributed by atoms with Crippen LogP contribution in [0.1, 0.15) is 21.5 Å². The van der Waals surface area contributed by atoms with Gasteiger partial charge in [0.15, 0.2) is 0 Å². The van der Waals surface area contributed by atoms with Crippen LogP contribution < -0.4 is 11.1 Å². The van der Waals surface area contributed by atoms with E-state index in [0.29, 0.717) is 5.69 Å². The molecule has 0 saturated carbocycles. The van der Waals surface area contributed by atoms with Crippen LogP contribution in [-0.4, -0.2) is 5.91 Å². The lowest BCUT2D eigenvalue weighted by molar-refractivity contribution is 0.102. The predicted octanol–water partition coefficient (Wildman–Crippen LogP) is 3.28. The molecule has 0 bridgehead atoms. The first kappa shape index (κ1) is 13.1. The van der Waals surface area contributed by atoms with Gasteiger partial charge in [-0.05, 0) is 55.3 Å². The number of hydrogen-bond acceptors (Lipinski definition) is 2. The van der Waals surface area contributed by atoms with Crippen LogP contribution >= 0.6 is 0 Å². The molecule has 2 aromatic carbocycles. The van der Waals surface area contributed by atoms with Gasteiger partial charge in [0, 0.05) is 11.4 Å². The van der Waals surface area contributed by atoms with Gasteiger partial charge >= 0.3 is 0 Å². The normalized spacial score (nSPS) is 10.3. The fourth-order valence-electron chi connectivity index (χ4n) is 1.76. The van der Waals surface area contributed by atoms with E-state index in [9.17, 15) is 9.18 Å². The van der Waals surface area contributed by atoms with E-state index in [2.05, 4.69) is 5.32 Å². The van der Waals surface area contributed by atoms with Crippen molar-refractivity contribution in [3.63, 3.8) is 0 Å². The van der Waals surface area contributed by atoms with Gasteiger partial charge in [-0.1, -0.05) is 6.07 Å². The summed E-state index contributed by atoms with van der Waals surface area (Å²) in [6.07, 6.45) is 0. The minimum Gasteiger partial charge on any atom is -0.398 e. The van der Waals surface area contributed by atoms with Crippen LogP contribution in [0.15, 0.2) is 36.4 Å². The summed E-state index contributed by atoms with van der Waals surface area (Å²) >= 11 is 0. The zero-order valence-corrected chi connectivity index (χ0v) is 10.8. The number of nitrogens with two attached hydrogens (primary N) is 1. The van der Waals surface area contributed by atoms with Crippen LogP contribution in [0.2, 0.25) is 0 Å². The van der Waals surface area contributed by atoms with Crippen molar-refractivity contribution in [2.75, 3.05) is 11.1 Å². The molecule has 0 atom stereocenters. The van der Waals surface area contributed by atoms with Crippen molar-refractivity contribution in [2.45, 2.75) is 13.8 Å². The second-order valence-corrected chi connectivity index (χ2v) is 4.48. The molecular formula is C15H15FN2O. The van der Waals surface area contributed by atoms with E-state index in [4.69, 9.17) is 5.73 Å². The van der Waals surface area contributed by atoms with Crippen LogP contribution in [0.5, 0.6) is 0 Å². The number of carbonyl (C=O) groups excluding carboxylic acids is 1. The van der Waals surface area contributed by atoms with Gasteiger partial charge in [-0.2, -0.15) is 0 Å². The monoisotopic (exact) mass is 258 g/mol. The van der Waals surface area contributed by atoms with Gasteiger partial charge in [-0.15, -0.1) is 0 Å². The second kappa shape index (κ2) is 5.10. The summed E-state index contributed by atoms with van der Waals surface area (Å²) in [4.78, 5) is 12.0. The highest BCUT2D eigenvalue weighted by molar-refractivity contribution is 6.07. The molecule has 3 N–H and O–H groups in total. The summed E-state index contributed by atoms with van der Waals surface area (Å²) in [5.41, 5.74) is 8.95. The zero-order chi connectivity index (χ0) is 14.0. The Labute approximate surface area is 111 Å². The molecule has 2 aromatic rings. The number of aryl methyl sites for hydroxylation is 2. The third-order valence-electron chi connectivity index (χ3n) is 3.02. The molecule has 0 aliphatic rings. The van der Waals surface area contributed by atoms with E-state index >= 15 is 0 Å². The van der Waals surface area contributed by atoms with Crippen molar-refractivity contribution < 1.29 is 9.18 Å². The van der Waals surface area contributed by atoms with E-state index in [-0.39, 0.29) is 17.2 Å². The minimum absolute atomic E-state index is 0.126. The lowest BCUT2D eigenvalue weighted by Crippen LogP contribution is -2.14. The molecule has 0 aliphatic carbocycles. The molecule has 0 saturated heterocycles. The van der Waals surface area contributed by atoms with Gasteiger partial charge in [0.1, 0.15) is 5.82 Å². The Morgan fingerprint density at radius 1 is 1.11 bits per heavy atom. The Balaban J connectivity index is 2.23. The molecule has 0 heterocycles. The Kier molecular flexibility index (Phi) is 3.51. The molecule has 98 valence electrons. The van der Waals surface area contributed by atoms with Gasteiger partial charge in [-0.3, -0.25) is 4.79 Å². The van der Waals surface area contributed by atoms with Crippen LogP contribution in [0, 0.1) is 19.7 Å². The van der Waals surface area contributed by atoms with E-state index in [0.717, 1.165) is 17.2 Å². The standard InChI is InChI=1S/C15H15FN2O/c1-9-3-5-12(7-10(9)2)18-15(19)13-6-4-11(16)8-14(13)17/h3-8H,17H2,1-2H3,(H,18,19). The summed E-state index contributed by atoms with van der Waals surface area (Å²) in [5, 5.41) is 2.75. The summed E-state index contributed by atoms with van der Waals surface area (Å²) in [7, 11) is 0. The van der Waals surface area contributed by atoms with Crippen molar-refractivity contribution in [2.24, 2.45) is 0 Å². The molecule has 19 heavy (non-hydrogen) atoms. The maximum atomic E-state index is 12.9. The number of amides is 1. The Morgan fingerprint density at radius 3 is 2.47 bits per heavy atom. The van der Waals surface area contributed by atoms with Gasteiger partial charge in [0.05, 0.1) is 5.56 Å². The Bertz CT molecular complexity index is 638. The third kappa shape index (κ3) is 2.91. The van der Waals surface area contributed by atoms with Crippen LogP contribution in [0.25, 0.3) is 0 Å². The van der Waals surface area contributed by atoms with E-state index in [1.165, 1.54) is 12.1 Å². The molecule has 0 unspecified atom stereocenters. The largest absolute Gasteiger partial charge is 0.398 e. The Morgan fingerprint density at radius 2 is 1.84 bits per heavy atom. The van der Waals surface area contributed by atoms with Crippen molar-refractivity contribution in [3.8, 4) is 0 Å². The average molecular weight is 258 g/mol. The van der Waals surface area contributed by atoms with Gasteiger partial charge in [0.2, 0.25) is 0 Å². The van der Waals surface area contributed by atoms with Crippen LogP contribution in [0.3, 0.4) is 0 Å². The van der Waals surface area contributed by atoms with Gasteiger partial charge < -0.3 is 11.1 Å². The fourth-order valence-corrected chi connectivity index (χ4v) is 1.76. The summed E-state index contributed by atoms with van der Waals surface area (Å²) in [5.74, 6) is -0.805. The van der Waals surface area contributed by atoms with Gasteiger partial charge in [-0.25, -0.2) is 4.39 Å². The number of anilines is 2. The van der Waals surface area contributed by atoms with E-state index in [1.54, 1.807) is 0 Å².